The van der Waals surface area contributed by atoms with Crippen molar-refractivity contribution in [2.45, 2.75) is 45.8 Å². The lowest BCUT2D eigenvalue weighted by Crippen LogP contribution is -2.52. The molecule has 6 rings (SSSR count). The topological polar surface area (TPSA) is 82.2 Å². The van der Waals surface area contributed by atoms with Gasteiger partial charge in [0.1, 0.15) is 12.4 Å². The molecule has 0 fully saturated rings. The zero-order valence-corrected chi connectivity index (χ0v) is 25.7. The fraction of sp³-hybridized carbons (Fsp3) is 0.211. The first kappa shape index (κ1) is 29.8. The Labute approximate surface area is 264 Å². The van der Waals surface area contributed by atoms with E-state index in [1.54, 1.807) is 23.4 Å². The summed E-state index contributed by atoms with van der Waals surface area (Å²) in [6.45, 7) is 5.43. The van der Waals surface area contributed by atoms with Gasteiger partial charge in [0.25, 0.3) is 0 Å². The van der Waals surface area contributed by atoms with E-state index in [-0.39, 0.29) is 18.4 Å². The maximum Gasteiger partial charge on any atom is 0.247 e. The van der Waals surface area contributed by atoms with E-state index in [1.165, 1.54) is 11.9 Å². The van der Waals surface area contributed by atoms with Crippen molar-refractivity contribution in [2.75, 3.05) is 6.54 Å². The number of carbonyl (C=O) groups excluding carboxylic acids is 2. The van der Waals surface area contributed by atoms with Gasteiger partial charge in [-0.2, -0.15) is 0 Å². The van der Waals surface area contributed by atoms with Gasteiger partial charge >= 0.3 is 0 Å². The minimum absolute atomic E-state index is 0.0400. The number of carbonyl (C=O) groups is 2. The Bertz CT molecular complexity index is 1800. The lowest BCUT2D eigenvalue weighted by atomic mass is 9.97. The van der Waals surface area contributed by atoms with Gasteiger partial charge in [0.2, 0.25) is 11.8 Å². The number of hydrogen-bond acceptors (Lipinski definition) is 4. The fourth-order valence-electron chi connectivity index (χ4n) is 6.03. The van der Waals surface area contributed by atoms with Gasteiger partial charge in [-0.1, -0.05) is 78.9 Å². The number of fused-ring (bicyclic) bond motifs is 1. The lowest BCUT2D eigenvalue weighted by molar-refractivity contribution is -0.144. The predicted molar refractivity (Wildman–Crippen MR) is 177 cm³/mol. The van der Waals surface area contributed by atoms with Crippen molar-refractivity contribution in [3.05, 3.63) is 149 Å². The van der Waals surface area contributed by atoms with Crippen molar-refractivity contribution in [3.8, 4) is 11.1 Å². The van der Waals surface area contributed by atoms with E-state index in [0.29, 0.717) is 19.5 Å². The summed E-state index contributed by atoms with van der Waals surface area (Å²) in [5.41, 5.74) is 9.25. The SMILES string of the molecule is Cc1cc(C=CC(=O)N(Cc2ccc(-c3cncnc3)cc2)[C@@H](Cc2ccccc2)C(=O)N2CCc3ccccc3C2)c(C)[nH]1. The Kier molecular flexibility index (Phi) is 8.96. The van der Waals surface area contributed by atoms with Crippen molar-refractivity contribution in [2.24, 2.45) is 0 Å². The smallest absolute Gasteiger partial charge is 0.247 e. The van der Waals surface area contributed by atoms with Crippen LogP contribution in [0.1, 0.15) is 39.2 Å². The Morgan fingerprint density at radius 2 is 1.60 bits per heavy atom. The minimum atomic E-state index is -0.689. The van der Waals surface area contributed by atoms with Gasteiger partial charge < -0.3 is 14.8 Å². The first-order chi connectivity index (χ1) is 21.9. The average Bonchev–Trinajstić information content (AvgIpc) is 3.41. The average molecular weight is 596 g/mol. The number of rotatable bonds is 9. The molecule has 2 aromatic heterocycles. The number of amides is 2. The van der Waals surface area contributed by atoms with Crippen LogP contribution in [0, 0.1) is 13.8 Å². The molecule has 3 heterocycles. The molecule has 1 atom stereocenters. The first-order valence-corrected chi connectivity index (χ1v) is 15.3. The van der Waals surface area contributed by atoms with E-state index in [2.05, 4.69) is 27.1 Å². The number of hydrogen-bond donors (Lipinski definition) is 1. The number of aryl methyl sites for hydroxylation is 2. The molecule has 7 nitrogen and oxygen atoms in total. The Morgan fingerprint density at radius 1 is 0.889 bits per heavy atom. The normalized spacial score (nSPS) is 13.4. The van der Waals surface area contributed by atoms with E-state index in [0.717, 1.165) is 51.2 Å². The molecule has 0 radical (unpaired) electrons. The molecule has 0 aliphatic carbocycles. The molecule has 226 valence electrons. The van der Waals surface area contributed by atoms with Crippen molar-refractivity contribution in [1.82, 2.24) is 24.8 Å². The van der Waals surface area contributed by atoms with Gasteiger partial charge in [-0.3, -0.25) is 9.59 Å². The van der Waals surface area contributed by atoms with Crippen molar-refractivity contribution < 1.29 is 9.59 Å². The number of nitrogens with zero attached hydrogens (tertiary/aromatic N) is 4. The van der Waals surface area contributed by atoms with Gasteiger partial charge in [-0.15, -0.1) is 0 Å². The van der Waals surface area contributed by atoms with Crippen LogP contribution in [-0.4, -0.2) is 49.2 Å². The molecule has 1 aliphatic rings. The van der Waals surface area contributed by atoms with Crippen molar-refractivity contribution in [3.63, 3.8) is 0 Å². The predicted octanol–water partition coefficient (Wildman–Crippen LogP) is 6.33. The van der Waals surface area contributed by atoms with Crippen LogP contribution >= 0.6 is 0 Å². The highest BCUT2D eigenvalue weighted by Crippen LogP contribution is 2.24. The van der Waals surface area contributed by atoms with Crippen LogP contribution < -0.4 is 0 Å². The van der Waals surface area contributed by atoms with Crippen molar-refractivity contribution >= 4 is 17.9 Å². The van der Waals surface area contributed by atoms with E-state index < -0.39 is 6.04 Å². The Balaban J connectivity index is 1.35. The molecule has 0 unspecified atom stereocenters. The lowest BCUT2D eigenvalue weighted by Gasteiger charge is -2.37. The molecular formula is C38H37N5O2. The summed E-state index contributed by atoms with van der Waals surface area (Å²) < 4.78 is 0. The highest BCUT2D eigenvalue weighted by atomic mass is 16.2. The molecule has 0 saturated carbocycles. The number of aromatic amines is 1. The third-order valence-corrected chi connectivity index (χ3v) is 8.45. The summed E-state index contributed by atoms with van der Waals surface area (Å²) in [7, 11) is 0. The first-order valence-electron chi connectivity index (χ1n) is 15.3. The van der Waals surface area contributed by atoms with E-state index in [4.69, 9.17) is 0 Å². The van der Waals surface area contributed by atoms with Crippen LogP contribution in [0.5, 0.6) is 0 Å². The van der Waals surface area contributed by atoms with Crippen LogP contribution in [0.2, 0.25) is 0 Å². The largest absolute Gasteiger partial charge is 0.362 e. The minimum Gasteiger partial charge on any atom is -0.362 e. The van der Waals surface area contributed by atoms with Gasteiger partial charge in [0.05, 0.1) is 0 Å². The monoisotopic (exact) mass is 595 g/mol. The maximum absolute atomic E-state index is 14.5. The Morgan fingerprint density at radius 3 is 2.31 bits per heavy atom. The summed E-state index contributed by atoms with van der Waals surface area (Å²) >= 11 is 0. The molecule has 1 N–H and O–H groups in total. The van der Waals surface area contributed by atoms with Gasteiger partial charge in [0, 0.05) is 61.5 Å². The third kappa shape index (κ3) is 7.10. The molecule has 1 aliphatic heterocycles. The van der Waals surface area contributed by atoms with Crippen molar-refractivity contribution in [1.29, 1.82) is 0 Å². The summed E-state index contributed by atoms with van der Waals surface area (Å²) in [6, 6.07) is 27.6. The number of aromatic nitrogens is 3. The van der Waals surface area contributed by atoms with Gasteiger partial charge in [-0.25, -0.2) is 9.97 Å². The molecule has 7 heteroatoms. The molecule has 5 aromatic rings. The Hall–Kier alpha value is -5.30. The highest BCUT2D eigenvalue weighted by Gasteiger charge is 2.34. The van der Waals surface area contributed by atoms with Crippen LogP contribution in [0.3, 0.4) is 0 Å². The van der Waals surface area contributed by atoms with E-state index >= 15 is 0 Å². The standard InChI is InChI=1S/C38H37N5O2/c1-27-20-33(28(2)41-27)16-17-37(44)43(24-30-12-14-32(15-13-30)35-22-39-26-40-23-35)36(21-29-8-4-3-5-9-29)38(45)42-19-18-31-10-6-7-11-34(31)25-42/h3-17,20,22-23,26,36,41H,18-19,21,24-25H2,1-2H3/t36-/m0/s1. The second-order valence-electron chi connectivity index (χ2n) is 11.6. The number of nitrogens with one attached hydrogen (secondary N) is 1. The molecular weight excluding hydrogens is 558 g/mol. The quantitative estimate of drug-likeness (QED) is 0.202. The second kappa shape index (κ2) is 13.6. The van der Waals surface area contributed by atoms with E-state index in [1.807, 2.05) is 97.6 Å². The molecule has 0 spiro atoms. The van der Waals surface area contributed by atoms with Crippen LogP contribution in [0.4, 0.5) is 0 Å². The molecule has 3 aromatic carbocycles. The zero-order valence-electron chi connectivity index (χ0n) is 25.7. The zero-order chi connectivity index (χ0) is 31.2. The summed E-state index contributed by atoms with van der Waals surface area (Å²) in [5.74, 6) is -0.248. The maximum atomic E-state index is 14.5. The summed E-state index contributed by atoms with van der Waals surface area (Å²) in [5, 5.41) is 0. The molecule has 0 bridgehead atoms. The molecule has 2 amide bonds. The highest BCUT2D eigenvalue weighted by molar-refractivity contribution is 5.96. The van der Waals surface area contributed by atoms with Gasteiger partial charge in [-0.05, 0) is 65.8 Å². The summed E-state index contributed by atoms with van der Waals surface area (Å²) in [6.07, 6.45) is 9.72. The van der Waals surface area contributed by atoms with Crippen LogP contribution in [0.15, 0.2) is 110 Å². The fourth-order valence-corrected chi connectivity index (χ4v) is 6.03. The second-order valence-corrected chi connectivity index (χ2v) is 11.6. The van der Waals surface area contributed by atoms with Gasteiger partial charge in [0.15, 0.2) is 0 Å². The number of benzene rings is 3. The van der Waals surface area contributed by atoms with E-state index in [9.17, 15) is 9.59 Å². The molecule has 45 heavy (non-hydrogen) atoms. The third-order valence-electron chi connectivity index (χ3n) is 8.45. The van der Waals surface area contributed by atoms with Crippen LogP contribution in [-0.2, 0) is 35.5 Å². The van der Waals surface area contributed by atoms with Crippen LogP contribution in [0.25, 0.3) is 17.2 Å². The molecule has 0 saturated heterocycles. The number of H-pyrrole nitrogens is 1. The summed E-state index contributed by atoms with van der Waals surface area (Å²) in [4.78, 5) is 43.9.